The molecule has 2 aromatic rings. The molecule has 0 bridgehead atoms. The van der Waals surface area contributed by atoms with E-state index in [9.17, 15) is 0 Å². The van der Waals surface area contributed by atoms with Gasteiger partial charge in [-0.1, -0.05) is 18.2 Å². The van der Waals surface area contributed by atoms with Gasteiger partial charge >= 0.3 is 0 Å². The largest absolute Gasteiger partial charge is 0.497 e. The molecule has 0 radical (unpaired) electrons. The van der Waals surface area contributed by atoms with Crippen molar-refractivity contribution >= 4 is 35.8 Å². The number of rotatable bonds is 4. The summed E-state index contributed by atoms with van der Waals surface area (Å²) in [7, 11) is 3.52. The first-order valence-electron chi connectivity index (χ1n) is 8.54. The number of benzene rings is 1. The number of nitrogens with zero attached hydrogens (tertiary/aromatic N) is 4. The van der Waals surface area contributed by atoms with Crippen molar-refractivity contribution in [3.05, 3.63) is 54.2 Å². The molecule has 1 aromatic heterocycles. The highest BCUT2D eigenvalue weighted by molar-refractivity contribution is 14.0. The summed E-state index contributed by atoms with van der Waals surface area (Å²) in [6, 6.07) is 14.1. The third-order valence-electron chi connectivity index (χ3n) is 4.37. The van der Waals surface area contributed by atoms with Crippen LogP contribution in [0.5, 0.6) is 5.75 Å². The van der Waals surface area contributed by atoms with Gasteiger partial charge in [-0.3, -0.25) is 4.99 Å². The number of hydrogen-bond donors (Lipinski definition) is 1. The van der Waals surface area contributed by atoms with Gasteiger partial charge in [0.2, 0.25) is 0 Å². The molecule has 0 aliphatic carbocycles. The smallest absolute Gasteiger partial charge is 0.194 e. The van der Waals surface area contributed by atoms with Gasteiger partial charge in [0.05, 0.1) is 7.11 Å². The summed E-state index contributed by atoms with van der Waals surface area (Å²) in [5, 5.41) is 3.45. The number of aliphatic imine (C=N–C) groups is 1. The Labute approximate surface area is 172 Å². The van der Waals surface area contributed by atoms with Gasteiger partial charge < -0.3 is 19.9 Å². The average Bonchev–Trinajstić information content (AvgIpc) is 2.70. The van der Waals surface area contributed by atoms with Gasteiger partial charge in [0.1, 0.15) is 11.6 Å². The monoisotopic (exact) mass is 467 g/mol. The van der Waals surface area contributed by atoms with Crippen LogP contribution in [0.1, 0.15) is 5.56 Å². The highest BCUT2D eigenvalue weighted by atomic mass is 127. The maximum Gasteiger partial charge on any atom is 0.194 e. The zero-order valence-corrected chi connectivity index (χ0v) is 17.6. The summed E-state index contributed by atoms with van der Waals surface area (Å²) >= 11 is 0. The van der Waals surface area contributed by atoms with Crippen LogP contribution in [0.2, 0.25) is 0 Å². The van der Waals surface area contributed by atoms with E-state index in [1.165, 1.54) is 5.56 Å². The summed E-state index contributed by atoms with van der Waals surface area (Å²) in [4.78, 5) is 13.5. The van der Waals surface area contributed by atoms with Crippen LogP contribution < -0.4 is 15.0 Å². The predicted molar refractivity (Wildman–Crippen MR) is 117 cm³/mol. The second-order valence-electron chi connectivity index (χ2n) is 5.91. The third kappa shape index (κ3) is 5.23. The predicted octanol–water partition coefficient (Wildman–Crippen LogP) is 2.61. The van der Waals surface area contributed by atoms with Crippen LogP contribution in [0.4, 0.5) is 5.82 Å². The minimum atomic E-state index is 0. The van der Waals surface area contributed by atoms with Crippen molar-refractivity contribution in [2.24, 2.45) is 4.99 Å². The Morgan fingerprint density at radius 1 is 1.12 bits per heavy atom. The molecule has 3 rings (SSSR count). The second-order valence-corrected chi connectivity index (χ2v) is 5.91. The van der Waals surface area contributed by atoms with E-state index in [0.717, 1.165) is 50.3 Å². The van der Waals surface area contributed by atoms with Gasteiger partial charge in [-0.15, -0.1) is 24.0 Å². The molecule has 7 heteroatoms. The number of anilines is 1. The van der Waals surface area contributed by atoms with Crippen molar-refractivity contribution in [2.75, 3.05) is 45.2 Å². The van der Waals surface area contributed by atoms with E-state index in [2.05, 4.69) is 43.3 Å². The first kappa shape index (κ1) is 20.3. The van der Waals surface area contributed by atoms with Gasteiger partial charge in [-0.2, -0.15) is 0 Å². The fourth-order valence-electron chi connectivity index (χ4n) is 2.94. The Morgan fingerprint density at radius 2 is 1.85 bits per heavy atom. The molecule has 1 aliphatic heterocycles. The molecule has 1 aromatic carbocycles. The maximum atomic E-state index is 5.20. The zero-order valence-electron chi connectivity index (χ0n) is 15.3. The van der Waals surface area contributed by atoms with Crippen LogP contribution in [0.3, 0.4) is 0 Å². The number of aromatic nitrogens is 1. The quantitative estimate of drug-likeness (QED) is 0.426. The lowest BCUT2D eigenvalue weighted by molar-refractivity contribution is 0.371. The Balaban J connectivity index is 0.00000243. The van der Waals surface area contributed by atoms with Crippen LogP contribution in [0, 0.1) is 0 Å². The molecule has 0 unspecified atom stereocenters. The topological polar surface area (TPSA) is 53.0 Å². The molecular weight excluding hydrogens is 441 g/mol. The fourth-order valence-corrected chi connectivity index (χ4v) is 2.94. The summed E-state index contributed by atoms with van der Waals surface area (Å²) in [5.41, 5.74) is 1.20. The van der Waals surface area contributed by atoms with Gasteiger partial charge in [0, 0.05) is 46.0 Å². The van der Waals surface area contributed by atoms with E-state index < -0.39 is 0 Å². The maximum absolute atomic E-state index is 5.20. The average molecular weight is 467 g/mol. The Kier molecular flexibility index (Phi) is 7.96. The SMILES string of the molecule is CN=C(NCc1ccc(OC)cc1)N1CCN(c2ccccn2)CC1.I. The van der Waals surface area contributed by atoms with Crippen molar-refractivity contribution in [2.45, 2.75) is 6.54 Å². The fraction of sp³-hybridized carbons (Fsp3) is 0.368. The van der Waals surface area contributed by atoms with Crippen LogP contribution in [0.15, 0.2) is 53.7 Å². The molecule has 0 atom stereocenters. The molecule has 2 heterocycles. The number of pyridine rings is 1. The van der Waals surface area contributed by atoms with E-state index >= 15 is 0 Å². The van der Waals surface area contributed by atoms with Crippen LogP contribution >= 0.6 is 24.0 Å². The molecule has 0 saturated carbocycles. The Morgan fingerprint density at radius 3 is 2.42 bits per heavy atom. The van der Waals surface area contributed by atoms with Gasteiger partial charge in [0.25, 0.3) is 0 Å². The lowest BCUT2D eigenvalue weighted by Gasteiger charge is -2.37. The molecule has 1 aliphatic rings. The van der Waals surface area contributed by atoms with E-state index in [1.54, 1.807) is 7.11 Å². The molecule has 140 valence electrons. The molecule has 1 saturated heterocycles. The molecule has 6 nitrogen and oxygen atoms in total. The van der Waals surface area contributed by atoms with Crippen molar-refractivity contribution < 1.29 is 4.74 Å². The number of ether oxygens (including phenoxy) is 1. The minimum absolute atomic E-state index is 0. The van der Waals surface area contributed by atoms with E-state index in [4.69, 9.17) is 4.74 Å². The number of piperazine rings is 1. The number of halogens is 1. The Hall–Kier alpha value is -2.03. The molecular formula is C19H26IN5O. The molecule has 1 N–H and O–H groups in total. The summed E-state index contributed by atoms with van der Waals surface area (Å²) in [6.45, 7) is 4.50. The summed E-state index contributed by atoms with van der Waals surface area (Å²) in [6.07, 6.45) is 1.84. The molecule has 26 heavy (non-hydrogen) atoms. The van der Waals surface area contributed by atoms with Crippen molar-refractivity contribution in [3.8, 4) is 5.75 Å². The van der Waals surface area contributed by atoms with E-state index in [1.807, 2.05) is 37.5 Å². The van der Waals surface area contributed by atoms with Crippen molar-refractivity contribution in [1.29, 1.82) is 0 Å². The van der Waals surface area contributed by atoms with Crippen molar-refractivity contribution in [1.82, 2.24) is 15.2 Å². The number of hydrogen-bond acceptors (Lipinski definition) is 4. The number of nitrogens with one attached hydrogen (secondary N) is 1. The van der Waals surface area contributed by atoms with Gasteiger partial charge in [-0.25, -0.2) is 4.98 Å². The summed E-state index contributed by atoms with van der Waals surface area (Å²) in [5.74, 6) is 2.86. The highest BCUT2D eigenvalue weighted by Crippen LogP contribution is 2.13. The second kappa shape index (κ2) is 10.2. The van der Waals surface area contributed by atoms with Gasteiger partial charge in [0.15, 0.2) is 5.96 Å². The first-order chi connectivity index (χ1) is 12.3. The van der Waals surface area contributed by atoms with Crippen LogP contribution in [-0.2, 0) is 6.54 Å². The normalized spacial score (nSPS) is 14.6. The Bertz CT molecular complexity index is 685. The first-order valence-corrected chi connectivity index (χ1v) is 8.54. The molecule has 1 fully saturated rings. The zero-order chi connectivity index (χ0) is 17.5. The van der Waals surface area contributed by atoms with Crippen molar-refractivity contribution in [3.63, 3.8) is 0 Å². The van der Waals surface area contributed by atoms with Crippen LogP contribution in [0.25, 0.3) is 0 Å². The highest BCUT2D eigenvalue weighted by Gasteiger charge is 2.20. The van der Waals surface area contributed by atoms with E-state index in [0.29, 0.717) is 0 Å². The third-order valence-corrected chi connectivity index (χ3v) is 4.37. The standard InChI is InChI=1S/C19H25N5O.HI/c1-20-19(22-15-16-6-8-17(25-2)9-7-16)24-13-11-23(12-14-24)18-5-3-4-10-21-18;/h3-10H,11-15H2,1-2H3,(H,20,22);1H. The van der Waals surface area contributed by atoms with Crippen LogP contribution in [-0.4, -0.2) is 56.2 Å². The number of guanidine groups is 1. The lowest BCUT2D eigenvalue weighted by atomic mass is 10.2. The molecule has 0 spiro atoms. The lowest BCUT2D eigenvalue weighted by Crippen LogP contribution is -2.52. The molecule has 0 amide bonds. The van der Waals surface area contributed by atoms with Gasteiger partial charge in [-0.05, 0) is 29.8 Å². The number of methoxy groups -OCH3 is 1. The summed E-state index contributed by atoms with van der Waals surface area (Å²) < 4.78 is 5.20. The minimum Gasteiger partial charge on any atom is -0.497 e. The van der Waals surface area contributed by atoms with E-state index in [-0.39, 0.29) is 24.0 Å².